The number of rotatable bonds is 2. The first-order chi connectivity index (χ1) is 19.4. The molecule has 0 spiro atoms. The van der Waals surface area contributed by atoms with E-state index in [0.29, 0.717) is 5.92 Å². The van der Waals surface area contributed by atoms with Crippen molar-refractivity contribution in [3.63, 3.8) is 0 Å². The molecule has 7 aromatic rings. The van der Waals surface area contributed by atoms with Gasteiger partial charge in [0.15, 0.2) is 0 Å². The summed E-state index contributed by atoms with van der Waals surface area (Å²) in [7, 11) is 0. The van der Waals surface area contributed by atoms with Gasteiger partial charge < -0.3 is 0 Å². The molecule has 40 heavy (non-hydrogen) atoms. The van der Waals surface area contributed by atoms with Crippen LogP contribution >= 0.6 is 0 Å². The Hall–Kier alpha value is -4.49. The van der Waals surface area contributed by atoms with Gasteiger partial charge in [0.25, 0.3) is 0 Å². The van der Waals surface area contributed by atoms with Crippen LogP contribution in [0.2, 0.25) is 0 Å². The molecule has 1 aliphatic rings. The van der Waals surface area contributed by atoms with Crippen molar-refractivity contribution in [3.8, 4) is 22.4 Å². The van der Waals surface area contributed by atoms with Crippen molar-refractivity contribution in [2.45, 2.75) is 39.0 Å². The fourth-order valence-corrected chi connectivity index (χ4v) is 7.20. The third-order valence-corrected chi connectivity index (χ3v) is 9.26. The molecule has 1 heteroatoms. The summed E-state index contributed by atoms with van der Waals surface area (Å²) in [5.74, 6) is 0.429. The van der Waals surface area contributed by atoms with Crippen LogP contribution in [0.1, 0.15) is 50.3 Å². The standard InChI is InChI=1S/C39H31N/c1-23(2)35-22-40-38(30-16-10-9-15-29(30)35)24-17-18-36-33(19-24)34-20-31-27-13-7-5-11-25(27)26-12-6-8-14-28(26)32(31)21-37(34)39(36,3)4/h5-23H,1-4H3. The largest absolute Gasteiger partial charge is 0.255 e. The van der Waals surface area contributed by atoms with Gasteiger partial charge in [-0.2, -0.15) is 0 Å². The third kappa shape index (κ3) is 3.12. The quantitative estimate of drug-likeness (QED) is 0.210. The van der Waals surface area contributed by atoms with Crippen LogP contribution < -0.4 is 0 Å². The number of hydrogen-bond donors (Lipinski definition) is 0. The molecular weight excluding hydrogens is 482 g/mol. The zero-order valence-electron chi connectivity index (χ0n) is 23.4. The maximum atomic E-state index is 5.04. The van der Waals surface area contributed by atoms with Crippen LogP contribution in [0.3, 0.4) is 0 Å². The second-order valence-corrected chi connectivity index (χ2v) is 12.2. The Balaban J connectivity index is 1.42. The number of fused-ring (bicyclic) bond motifs is 10. The highest BCUT2D eigenvalue weighted by atomic mass is 14.7. The molecule has 0 aliphatic heterocycles. The summed E-state index contributed by atoms with van der Waals surface area (Å²) in [5, 5.41) is 10.5. The second kappa shape index (κ2) is 8.26. The van der Waals surface area contributed by atoms with Gasteiger partial charge in [-0.25, -0.2) is 0 Å². The van der Waals surface area contributed by atoms with E-state index < -0.39 is 0 Å². The Kier molecular flexibility index (Phi) is 4.83. The van der Waals surface area contributed by atoms with Crippen molar-refractivity contribution in [2.75, 3.05) is 0 Å². The molecule has 192 valence electrons. The summed E-state index contributed by atoms with van der Waals surface area (Å²) in [4.78, 5) is 5.04. The van der Waals surface area contributed by atoms with Crippen LogP contribution in [0.4, 0.5) is 0 Å². The maximum Gasteiger partial charge on any atom is 0.0780 e. The number of aromatic nitrogens is 1. The predicted molar refractivity (Wildman–Crippen MR) is 171 cm³/mol. The SMILES string of the molecule is CC(C)c1cnc(-c2ccc3c(c2)-c2cc4c5ccccc5c5ccccc5c4cc2C3(C)C)c2ccccc12. The summed E-state index contributed by atoms with van der Waals surface area (Å²) in [5.41, 5.74) is 8.93. The molecular formula is C39H31N. The highest BCUT2D eigenvalue weighted by Gasteiger charge is 2.36. The van der Waals surface area contributed by atoms with Crippen LogP contribution in [-0.4, -0.2) is 4.98 Å². The number of pyridine rings is 1. The molecule has 8 rings (SSSR count). The van der Waals surface area contributed by atoms with Gasteiger partial charge in [-0.3, -0.25) is 4.98 Å². The van der Waals surface area contributed by atoms with E-state index in [1.165, 1.54) is 76.5 Å². The van der Waals surface area contributed by atoms with Crippen molar-refractivity contribution < 1.29 is 0 Å². The molecule has 1 aromatic heterocycles. The number of nitrogens with zero attached hydrogens (tertiary/aromatic N) is 1. The van der Waals surface area contributed by atoms with Gasteiger partial charge in [0.2, 0.25) is 0 Å². The summed E-state index contributed by atoms with van der Waals surface area (Å²) in [6.45, 7) is 9.23. The molecule has 1 aliphatic carbocycles. The second-order valence-electron chi connectivity index (χ2n) is 12.2. The van der Waals surface area contributed by atoms with Crippen molar-refractivity contribution in [3.05, 3.63) is 126 Å². The zero-order valence-corrected chi connectivity index (χ0v) is 23.4. The van der Waals surface area contributed by atoms with E-state index in [1.807, 2.05) is 0 Å². The average Bonchev–Trinajstić information content (AvgIpc) is 3.21. The van der Waals surface area contributed by atoms with E-state index in [9.17, 15) is 0 Å². The minimum absolute atomic E-state index is 0.0822. The van der Waals surface area contributed by atoms with Crippen molar-refractivity contribution in [1.29, 1.82) is 0 Å². The van der Waals surface area contributed by atoms with E-state index >= 15 is 0 Å². The fraction of sp³-hybridized carbons (Fsp3) is 0.154. The Morgan fingerprint density at radius 3 is 1.68 bits per heavy atom. The zero-order chi connectivity index (χ0) is 27.2. The van der Waals surface area contributed by atoms with Gasteiger partial charge in [-0.15, -0.1) is 0 Å². The van der Waals surface area contributed by atoms with Gasteiger partial charge in [-0.1, -0.05) is 113 Å². The van der Waals surface area contributed by atoms with Crippen LogP contribution in [0.5, 0.6) is 0 Å². The average molecular weight is 514 g/mol. The Morgan fingerprint density at radius 1 is 0.525 bits per heavy atom. The van der Waals surface area contributed by atoms with E-state index in [2.05, 4.69) is 137 Å². The van der Waals surface area contributed by atoms with Crippen LogP contribution in [0.25, 0.3) is 65.5 Å². The lowest BCUT2D eigenvalue weighted by molar-refractivity contribution is 0.661. The monoisotopic (exact) mass is 513 g/mol. The summed E-state index contributed by atoms with van der Waals surface area (Å²) >= 11 is 0. The lowest BCUT2D eigenvalue weighted by Gasteiger charge is -2.22. The van der Waals surface area contributed by atoms with Crippen molar-refractivity contribution in [2.24, 2.45) is 0 Å². The van der Waals surface area contributed by atoms with Crippen LogP contribution in [-0.2, 0) is 5.41 Å². The molecule has 0 fully saturated rings. The van der Waals surface area contributed by atoms with E-state index in [4.69, 9.17) is 4.98 Å². The summed E-state index contributed by atoms with van der Waals surface area (Å²) in [6, 6.07) is 38.4. The van der Waals surface area contributed by atoms with Gasteiger partial charge in [0.1, 0.15) is 0 Å². The Morgan fingerprint density at radius 2 is 1.05 bits per heavy atom. The first-order valence-corrected chi connectivity index (χ1v) is 14.3. The molecule has 0 unspecified atom stereocenters. The molecule has 0 atom stereocenters. The van der Waals surface area contributed by atoms with E-state index in [1.54, 1.807) is 0 Å². The molecule has 0 bridgehead atoms. The topological polar surface area (TPSA) is 12.9 Å². The fourth-order valence-electron chi connectivity index (χ4n) is 7.20. The molecule has 0 amide bonds. The Bertz CT molecular complexity index is 2160. The first kappa shape index (κ1) is 23.4. The van der Waals surface area contributed by atoms with E-state index in [0.717, 1.165) is 5.69 Å². The lowest BCUT2D eigenvalue weighted by Crippen LogP contribution is -2.14. The molecule has 0 saturated carbocycles. The minimum atomic E-state index is -0.0822. The molecule has 1 nitrogen and oxygen atoms in total. The van der Waals surface area contributed by atoms with Crippen molar-refractivity contribution >= 4 is 43.1 Å². The highest BCUT2D eigenvalue weighted by molar-refractivity contribution is 6.26. The molecule has 1 heterocycles. The van der Waals surface area contributed by atoms with Gasteiger partial charge in [0.05, 0.1) is 5.69 Å². The summed E-state index contributed by atoms with van der Waals surface area (Å²) in [6.07, 6.45) is 2.08. The van der Waals surface area contributed by atoms with Crippen LogP contribution in [0.15, 0.2) is 109 Å². The third-order valence-electron chi connectivity index (χ3n) is 9.26. The van der Waals surface area contributed by atoms with Gasteiger partial charge in [-0.05, 0) is 89.6 Å². The first-order valence-electron chi connectivity index (χ1n) is 14.3. The highest BCUT2D eigenvalue weighted by Crippen LogP contribution is 2.52. The van der Waals surface area contributed by atoms with Gasteiger partial charge in [0, 0.05) is 22.6 Å². The van der Waals surface area contributed by atoms with E-state index in [-0.39, 0.29) is 5.41 Å². The minimum Gasteiger partial charge on any atom is -0.255 e. The van der Waals surface area contributed by atoms with Crippen LogP contribution in [0, 0.1) is 0 Å². The summed E-state index contributed by atoms with van der Waals surface area (Å²) < 4.78 is 0. The molecule has 0 saturated heterocycles. The smallest absolute Gasteiger partial charge is 0.0780 e. The van der Waals surface area contributed by atoms with Gasteiger partial charge >= 0.3 is 0 Å². The maximum absolute atomic E-state index is 5.04. The normalized spacial score (nSPS) is 13.9. The number of hydrogen-bond acceptors (Lipinski definition) is 1. The number of benzene rings is 6. The Labute approximate surface area is 235 Å². The predicted octanol–water partition coefficient (Wildman–Crippen LogP) is 10.8. The molecule has 6 aromatic carbocycles. The molecule has 0 N–H and O–H groups in total. The molecule has 0 radical (unpaired) electrons. The van der Waals surface area contributed by atoms with Crippen molar-refractivity contribution in [1.82, 2.24) is 4.98 Å². The lowest BCUT2D eigenvalue weighted by atomic mass is 9.81.